The molecule has 15 heavy (non-hydrogen) atoms. The van der Waals surface area contributed by atoms with Crippen molar-refractivity contribution in [3.05, 3.63) is 35.9 Å². The van der Waals surface area contributed by atoms with Crippen LogP contribution < -0.4 is 5.32 Å². The van der Waals surface area contributed by atoms with Gasteiger partial charge in [-0.25, -0.2) is 4.98 Å². The molecule has 0 saturated carbocycles. The molecule has 1 aromatic carbocycles. The summed E-state index contributed by atoms with van der Waals surface area (Å²) in [6.45, 7) is 6.32. The number of fused-ring (bicyclic) bond motifs is 1. The monoisotopic (exact) mass is 200 g/mol. The average molecular weight is 200 g/mol. The summed E-state index contributed by atoms with van der Waals surface area (Å²) in [5, 5.41) is 4.51. The van der Waals surface area contributed by atoms with E-state index in [1.807, 2.05) is 6.07 Å². The third kappa shape index (κ3) is 2.09. The standard InChI is InChI=1S/C13H16N2/c1-9(2)14-12-8-7-11-6-4-5-10(3)13(11)15-12/h4-9H,1-3H3,(H,14,15). The van der Waals surface area contributed by atoms with Gasteiger partial charge in [0.2, 0.25) is 0 Å². The number of anilines is 1. The number of aromatic nitrogens is 1. The van der Waals surface area contributed by atoms with Crippen LogP contribution in [0.25, 0.3) is 10.9 Å². The SMILES string of the molecule is Cc1cccc2ccc(NC(C)C)nc12. The summed E-state index contributed by atoms with van der Waals surface area (Å²) in [6, 6.07) is 10.8. The molecule has 2 aromatic rings. The lowest BCUT2D eigenvalue weighted by atomic mass is 10.1. The fraction of sp³-hybridized carbons (Fsp3) is 0.308. The smallest absolute Gasteiger partial charge is 0.126 e. The summed E-state index contributed by atoms with van der Waals surface area (Å²) in [6.07, 6.45) is 0. The van der Waals surface area contributed by atoms with E-state index < -0.39 is 0 Å². The normalized spacial score (nSPS) is 10.9. The van der Waals surface area contributed by atoms with Gasteiger partial charge in [-0.05, 0) is 38.5 Å². The van der Waals surface area contributed by atoms with Crippen LogP contribution in [0.5, 0.6) is 0 Å². The van der Waals surface area contributed by atoms with Crippen LogP contribution >= 0.6 is 0 Å². The second kappa shape index (κ2) is 3.89. The summed E-state index contributed by atoms with van der Waals surface area (Å²) in [7, 11) is 0. The predicted octanol–water partition coefficient (Wildman–Crippen LogP) is 3.36. The van der Waals surface area contributed by atoms with E-state index >= 15 is 0 Å². The molecule has 0 aliphatic heterocycles. The highest BCUT2D eigenvalue weighted by Crippen LogP contribution is 2.18. The first-order valence-electron chi connectivity index (χ1n) is 5.30. The van der Waals surface area contributed by atoms with Gasteiger partial charge in [0, 0.05) is 11.4 Å². The highest BCUT2D eigenvalue weighted by atomic mass is 15.0. The van der Waals surface area contributed by atoms with Gasteiger partial charge < -0.3 is 5.32 Å². The number of hydrogen-bond donors (Lipinski definition) is 1. The predicted molar refractivity (Wildman–Crippen MR) is 65.2 cm³/mol. The van der Waals surface area contributed by atoms with Gasteiger partial charge in [0.25, 0.3) is 0 Å². The van der Waals surface area contributed by atoms with E-state index in [1.54, 1.807) is 0 Å². The first-order valence-corrected chi connectivity index (χ1v) is 5.30. The van der Waals surface area contributed by atoms with Crippen LogP contribution in [0.4, 0.5) is 5.82 Å². The Morgan fingerprint density at radius 2 is 1.93 bits per heavy atom. The molecule has 1 aromatic heterocycles. The number of pyridine rings is 1. The number of nitrogens with one attached hydrogen (secondary N) is 1. The molecular formula is C13H16N2. The van der Waals surface area contributed by atoms with Crippen molar-refractivity contribution in [3.8, 4) is 0 Å². The minimum absolute atomic E-state index is 0.416. The van der Waals surface area contributed by atoms with Gasteiger partial charge in [-0.2, -0.15) is 0 Å². The molecule has 0 aliphatic rings. The molecule has 0 spiro atoms. The zero-order chi connectivity index (χ0) is 10.8. The zero-order valence-electron chi connectivity index (χ0n) is 9.41. The lowest BCUT2D eigenvalue weighted by molar-refractivity contribution is 0.891. The third-order valence-electron chi connectivity index (χ3n) is 2.36. The maximum Gasteiger partial charge on any atom is 0.126 e. The maximum atomic E-state index is 4.60. The second-order valence-corrected chi connectivity index (χ2v) is 4.14. The Hall–Kier alpha value is -1.57. The van der Waals surface area contributed by atoms with Crippen LogP contribution in [-0.4, -0.2) is 11.0 Å². The van der Waals surface area contributed by atoms with Gasteiger partial charge >= 0.3 is 0 Å². The fourth-order valence-electron chi connectivity index (χ4n) is 1.67. The molecular weight excluding hydrogens is 184 g/mol. The Bertz CT molecular complexity index is 475. The number of benzene rings is 1. The zero-order valence-corrected chi connectivity index (χ0v) is 9.41. The van der Waals surface area contributed by atoms with Crippen molar-refractivity contribution < 1.29 is 0 Å². The Labute approximate surface area is 90.3 Å². The summed E-state index contributed by atoms with van der Waals surface area (Å²) in [5.74, 6) is 0.951. The number of hydrogen-bond acceptors (Lipinski definition) is 2. The van der Waals surface area contributed by atoms with Gasteiger partial charge in [-0.1, -0.05) is 18.2 Å². The molecule has 1 N–H and O–H groups in total. The minimum atomic E-state index is 0.416. The van der Waals surface area contributed by atoms with E-state index in [0.29, 0.717) is 6.04 Å². The number of aryl methyl sites for hydroxylation is 1. The van der Waals surface area contributed by atoms with Crippen molar-refractivity contribution in [3.63, 3.8) is 0 Å². The molecule has 0 saturated heterocycles. The first kappa shape index (κ1) is 9.97. The second-order valence-electron chi connectivity index (χ2n) is 4.14. The highest BCUT2D eigenvalue weighted by molar-refractivity contribution is 5.83. The van der Waals surface area contributed by atoms with Gasteiger partial charge in [0.15, 0.2) is 0 Å². The van der Waals surface area contributed by atoms with E-state index in [0.717, 1.165) is 11.3 Å². The van der Waals surface area contributed by atoms with Gasteiger partial charge in [0.1, 0.15) is 5.82 Å². The van der Waals surface area contributed by atoms with E-state index in [2.05, 4.69) is 55.3 Å². The lowest BCUT2D eigenvalue weighted by Crippen LogP contribution is -2.10. The molecule has 0 aliphatic carbocycles. The molecule has 0 fully saturated rings. The topological polar surface area (TPSA) is 24.9 Å². The Kier molecular flexibility index (Phi) is 2.58. The van der Waals surface area contributed by atoms with Crippen molar-refractivity contribution in [2.75, 3.05) is 5.32 Å². The van der Waals surface area contributed by atoms with Crippen LogP contribution in [0.2, 0.25) is 0 Å². The van der Waals surface area contributed by atoms with Crippen LogP contribution in [-0.2, 0) is 0 Å². The Morgan fingerprint density at radius 1 is 1.13 bits per heavy atom. The van der Waals surface area contributed by atoms with E-state index in [-0.39, 0.29) is 0 Å². The van der Waals surface area contributed by atoms with Crippen molar-refractivity contribution in [2.45, 2.75) is 26.8 Å². The number of rotatable bonds is 2. The Balaban J connectivity index is 2.50. The van der Waals surface area contributed by atoms with Gasteiger partial charge in [-0.15, -0.1) is 0 Å². The van der Waals surface area contributed by atoms with E-state index in [9.17, 15) is 0 Å². The molecule has 1 heterocycles. The molecule has 0 atom stereocenters. The molecule has 0 bridgehead atoms. The summed E-state index contributed by atoms with van der Waals surface area (Å²) < 4.78 is 0. The minimum Gasteiger partial charge on any atom is -0.368 e. The molecule has 2 nitrogen and oxygen atoms in total. The van der Waals surface area contributed by atoms with Crippen molar-refractivity contribution in [1.29, 1.82) is 0 Å². The van der Waals surface area contributed by atoms with Crippen LogP contribution in [0.1, 0.15) is 19.4 Å². The van der Waals surface area contributed by atoms with Crippen LogP contribution in [0.3, 0.4) is 0 Å². The largest absolute Gasteiger partial charge is 0.368 e. The van der Waals surface area contributed by atoms with Crippen molar-refractivity contribution in [2.24, 2.45) is 0 Å². The maximum absolute atomic E-state index is 4.60. The third-order valence-corrected chi connectivity index (χ3v) is 2.36. The summed E-state index contributed by atoms with van der Waals surface area (Å²) in [4.78, 5) is 4.60. The Morgan fingerprint density at radius 3 is 2.67 bits per heavy atom. The molecule has 0 radical (unpaired) electrons. The molecule has 2 rings (SSSR count). The summed E-state index contributed by atoms with van der Waals surface area (Å²) in [5.41, 5.74) is 2.31. The average Bonchev–Trinajstić information content (AvgIpc) is 2.18. The van der Waals surface area contributed by atoms with Gasteiger partial charge in [0.05, 0.1) is 5.52 Å². The molecule has 78 valence electrons. The highest BCUT2D eigenvalue weighted by Gasteiger charge is 2.01. The molecule has 2 heteroatoms. The van der Waals surface area contributed by atoms with Crippen LogP contribution in [0.15, 0.2) is 30.3 Å². The van der Waals surface area contributed by atoms with E-state index in [1.165, 1.54) is 10.9 Å². The van der Waals surface area contributed by atoms with Gasteiger partial charge in [-0.3, -0.25) is 0 Å². The van der Waals surface area contributed by atoms with Crippen molar-refractivity contribution in [1.82, 2.24) is 4.98 Å². The lowest BCUT2D eigenvalue weighted by Gasteiger charge is -2.10. The molecule has 0 unspecified atom stereocenters. The first-order chi connectivity index (χ1) is 7.16. The van der Waals surface area contributed by atoms with Crippen molar-refractivity contribution >= 4 is 16.7 Å². The number of nitrogens with zero attached hydrogens (tertiary/aromatic N) is 1. The van der Waals surface area contributed by atoms with E-state index in [4.69, 9.17) is 0 Å². The molecule has 0 amide bonds. The van der Waals surface area contributed by atoms with Crippen LogP contribution in [0, 0.1) is 6.92 Å². The quantitative estimate of drug-likeness (QED) is 0.804. The fourth-order valence-corrected chi connectivity index (χ4v) is 1.67. The summed E-state index contributed by atoms with van der Waals surface area (Å²) >= 11 is 0. The number of para-hydroxylation sites is 1.